The van der Waals surface area contributed by atoms with Crippen LogP contribution in [0.15, 0.2) is 24.4 Å². The molecule has 1 aliphatic carbocycles. The summed E-state index contributed by atoms with van der Waals surface area (Å²) < 4.78 is 26.9. The number of aromatic nitrogens is 1. The molecule has 1 saturated carbocycles. The van der Waals surface area contributed by atoms with E-state index in [2.05, 4.69) is 39.5 Å². The number of hydrogen-bond donors (Lipinski definition) is 4. The third kappa shape index (κ3) is 15.0. The molecule has 1 aliphatic heterocycles. The van der Waals surface area contributed by atoms with Gasteiger partial charge in [0, 0.05) is 46.1 Å². The van der Waals surface area contributed by atoms with Crippen LogP contribution in [0.1, 0.15) is 99.1 Å². The lowest BCUT2D eigenvalue weighted by atomic mass is 9.90. The zero-order valence-electron chi connectivity index (χ0n) is 36.2. The van der Waals surface area contributed by atoms with Crippen molar-refractivity contribution >= 4 is 40.5 Å². The molecule has 2 fully saturated rings. The fraction of sp³-hybridized carbons (Fsp3) is 0.756. The number of ether oxygens (including phenoxy) is 2. The molecular formula is C41H71N7O8S. The van der Waals surface area contributed by atoms with Crippen LogP contribution in [0.3, 0.4) is 0 Å². The van der Waals surface area contributed by atoms with Gasteiger partial charge in [-0.3, -0.25) is 33.7 Å². The van der Waals surface area contributed by atoms with E-state index in [0.29, 0.717) is 25.1 Å². The van der Waals surface area contributed by atoms with Crippen molar-refractivity contribution in [2.45, 2.75) is 141 Å². The Balaban J connectivity index is 0.00000362. The Hall–Kier alpha value is -3.47. The van der Waals surface area contributed by atoms with Crippen molar-refractivity contribution < 1.29 is 37.7 Å². The average Bonchev–Trinajstić information content (AvgIpc) is 3.94. The SMILES string of the molecule is CCC.CCC(C)C([C@@H](CC(=O)N1CCCC1C(OC)C(C)C(=O)NC(Cc1ccccn1)C(=O)NS(=O)C1CC1)OC)N(C)C(=O)CNC(=O)C(NC)C(C)C. The summed E-state index contributed by atoms with van der Waals surface area (Å²) in [5.74, 6) is -2.50. The largest absolute Gasteiger partial charge is 0.379 e. The quantitative estimate of drug-likeness (QED) is 0.136. The lowest BCUT2D eigenvalue weighted by Crippen LogP contribution is -2.56. The summed E-state index contributed by atoms with van der Waals surface area (Å²) in [5.41, 5.74) is 0.590. The van der Waals surface area contributed by atoms with E-state index in [1.807, 2.05) is 27.7 Å². The molecule has 0 radical (unpaired) electrons. The van der Waals surface area contributed by atoms with Gasteiger partial charge in [0.25, 0.3) is 5.91 Å². The third-order valence-corrected chi connectivity index (χ3v) is 12.3. The van der Waals surface area contributed by atoms with Crippen LogP contribution in [0, 0.1) is 17.8 Å². The molecule has 1 saturated heterocycles. The molecule has 1 aromatic heterocycles. The minimum Gasteiger partial charge on any atom is -0.379 e. The van der Waals surface area contributed by atoms with Crippen molar-refractivity contribution in [3.63, 3.8) is 0 Å². The van der Waals surface area contributed by atoms with Gasteiger partial charge in [-0.2, -0.15) is 0 Å². The summed E-state index contributed by atoms with van der Waals surface area (Å²) in [4.78, 5) is 74.9. The number of carbonyl (C=O) groups is 5. The minimum atomic E-state index is -1.53. The summed E-state index contributed by atoms with van der Waals surface area (Å²) in [5, 5.41) is 8.50. The molecule has 8 unspecified atom stereocenters. The number of nitrogens with one attached hydrogen (secondary N) is 4. The van der Waals surface area contributed by atoms with Gasteiger partial charge in [-0.05, 0) is 56.7 Å². The van der Waals surface area contributed by atoms with E-state index in [0.717, 1.165) is 19.3 Å². The summed E-state index contributed by atoms with van der Waals surface area (Å²) in [7, 11) is 4.87. The van der Waals surface area contributed by atoms with Gasteiger partial charge in [0.05, 0.1) is 54.5 Å². The summed E-state index contributed by atoms with van der Waals surface area (Å²) in [6.07, 6.45) is 5.20. The summed E-state index contributed by atoms with van der Waals surface area (Å²) in [6.45, 7) is 14.1. The molecule has 324 valence electrons. The molecule has 57 heavy (non-hydrogen) atoms. The van der Waals surface area contributed by atoms with Crippen LogP contribution in [0.4, 0.5) is 0 Å². The zero-order valence-corrected chi connectivity index (χ0v) is 37.0. The van der Waals surface area contributed by atoms with Gasteiger partial charge < -0.3 is 35.2 Å². The predicted molar refractivity (Wildman–Crippen MR) is 222 cm³/mol. The number of carbonyl (C=O) groups excluding carboxylic acids is 5. The molecule has 1 aromatic rings. The van der Waals surface area contributed by atoms with E-state index in [9.17, 15) is 28.2 Å². The molecule has 4 N–H and O–H groups in total. The van der Waals surface area contributed by atoms with E-state index in [1.54, 1.807) is 55.2 Å². The molecule has 0 spiro atoms. The number of nitrogens with zero attached hydrogens (tertiary/aromatic N) is 3. The first-order valence-electron chi connectivity index (χ1n) is 20.6. The maximum absolute atomic E-state index is 14.1. The number of likely N-dealkylation sites (N-methyl/N-ethyl adjacent to an activating group) is 2. The van der Waals surface area contributed by atoms with E-state index in [1.165, 1.54) is 20.6 Å². The van der Waals surface area contributed by atoms with E-state index in [4.69, 9.17) is 9.47 Å². The Morgan fingerprint density at radius 2 is 1.65 bits per heavy atom. The van der Waals surface area contributed by atoms with Gasteiger partial charge >= 0.3 is 0 Å². The van der Waals surface area contributed by atoms with Crippen molar-refractivity contribution in [1.29, 1.82) is 0 Å². The van der Waals surface area contributed by atoms with Crippen molar-refractivity contribution in [2.75, 3.05) is 41.4 Å². The maximum atomic E-state index is 14.1. The molecule has 3 rings (SSSR count). The number of rotatable bonds is 22. The Morgan fingerprint density at radius 3 is 2.18 bits per heavy atom. The first kappa shape index (κ1) is 49.7. The van der Waals surface area contributed by atoms with Crippen LogP contribution in [-0.4, -0.2) is 132 Å². The minimum absolute atomic E-state index is 0.0113. The highest BCUT2D eigenvalue weighted by atomic mass is 32.2. The molecule has 2 aliphatic rings. The third-order valence-electron chi connectivity index (χ3n) is 10.8. The number of pyridine rings is 1. The van der Waals surface area contributed by atoms with Gasteiger partial charge in [0.2, 0.25) is 23.6 Å². The number of hydrogen-bond acceptors (Lipinski definition) is 10. The van der Waals surface area contributed by atoms with Crippen molar-refractivity contribution in [3.8, 4) is 0 Å². The standard InChI is InChI=1S/C38H63N7O8S.C3H8/c1-10-24(4)34(44(7)32(47)22-41-38(50)33(39-6)23(2)3)30(52-8)21-31(46)45-19-13-15-29(45)35(53-9)25(5)36(48)42-28(20-26-14-11-12-18-40-26)37(49)43-54(51)27-16-17-27;1-3-2/h11-12,14,18,23-25,27-30,33-35,39H,10,13,15-17,19-22H2,1-9H3,(H,41,50)(H,42,48)(H,43,49);3H2,1-2H3/t24?,25?,28?,29?,30-,33?,34?,35?,54?;/m1./s1. The summed E-state index contributed by atoms with van der Waals surface area (Å²) >= 11 is 0. The second kappa shape index (κ2) is 25.1. The monoisotopic (exact) mass is 822 g/mol. The molecule has 0 bridgehead atoms. The first-order valence-corrected chi connectivity index (χ1v) is 21.8. The average molecular weight is 822 g/mol. The Bertz CT molecular complexity index is 1450. The first-order chi connectivity index (χ1) is 27.1. The van der Waals surface area contributed by atoms with Crippen molar-refractivity contribution in [3.05, 3.63) is 30.1 Å². The normalized spacial score (nSPS) is 19.4. The molecule has 0 aromatic carbocycles. The van der Waals surface area contributed by atoms with Crippen LogP contribution in [0.25, 0.3) is 0 Å². The maximum Gasteiger partial charge on any atom is 0.254 e. The smallest absolute Gasteiger partial charge is 0.254 e. The van der Waals surface area contributed by atoms with Crippen LogP contribution in [0.2, 0.25) is 0 Å². The number of methoxy groups -OCH3 is 2. The van der Waals surface area contributed by atoms with Crippen molar-refractivity contribution in [2.24, 2.45) is 17.8 Å². The molecule has 5 amide bonds. The van der Waals surface area contributed by atoms with Gasteiger partial charge in [0.1, 0.15) is 17.0 Å². The highest BCUT2D eigenvalue weighted by molar-refractivity contribution is 7.84. The van der Waals surface area contributed by atoms with E-state index < -0.39 is 65.1 Å². The second-order valence-corrected chi connectivity index (χ2v) is 17.1. The molecule has 9 atom stereocenters. The number of likely N-dealkylation sites (tertiary alicyclic amines) is 1. The van der Waals surface area contributed by atoms with Gasteiger partial charge in [-0.1, -0.05) is 67.4 Å². The molecule has 16 heteroatoms. The Morgan fingerprint density at radius 1 is 0.982 bits per heavy atom. The molecular weight excluding hydrogens is 751 g/mol. The van der Waals surface area contributed by atoms with Crippen LogP contribution < -0.4 is 20.7 Å². The van der Waals surface area contributed by atoms with Crippen LogP contribution in [0.5, 0.6) is 0 Å². The summed E-state index contributed by atoms with van der Waals surface area (Å²) in [6, 6.07) is 2.96. The van der Waals surface area contributed by atoms with Gasteiger partial charge in [-0.25, -0.2) is 4.21 Å². The highest BCUT2D eigenvalue weighted by Gasteiger charge is 2.43. The van der Waals surface area contributed by atoms with Crippen LogP contribution in [-0.2, 0) is 50.9 Å². The lowest BCUT2D eigenvalue weighted by Gasteiger charge is -2.39. The van der Waals surface area contributed by atoms with E-state index >= 15 is 0 Å². The highest BCUT2D eigenvalue weighted by Crippen LogP contribution is 2.29. The van der Waals surface area contributed by atoms with Gasteiger partial charge in [0.15, 0.2) is 0 Å². The lowest BCUT2D eigenvalue weighted by molar-refractivity contribution is -0.146. The Labute approximate surface area is 343 Å². The topological polar surface area (TPSA) is 188 Å². The van der Waals surface area contributed by atoms with E-state index in [-0.39, 0.29) is 54.2 Å². The Kier molecular flexibility index (Phi) is 21.9. The fourth-order valence-corrected chi connectivity index (χ4v) is 8.34. The second-order valence-electron chi connectivity index (χ2n) is 15.6. The molecule has 2 heterocycles. The molecule has 15 nitrogen and oxygen atoms in total. The zero-order chi connectivity index (χ0) is 42.8. The number of amides is 5. The van der Waals surface area contributed by atoms with Crippen LogP contribution >= 0.6 is 0 Å². The predicted octanol–water partition coefficient (Wildman–Crippen LogP) is 2.75. The van der Waals surface area contributed by atoms with Gasteiger partial charge in [-0.15, -0.1) is 0 Å². The fourth-order valence-electron chi connectivity index (χ4n) is 7.27. The van der Waals surface area contributed by atoms with Crippen molar-refractivity contribution in [1.82, 2.24) is 35.5 Å².